The van der Waals surface area contributed by atoms with Gasteiger partial charge in [0.15, 0.2) is 0 Å². The van der Waals surface area contributed by atoms with Crippen LogP contribution in [-0.2, 0) is 4.74 Å². The van der Waals surface area contributed by atoms with Gasteiger partial charge >= 0.3 is 0 Å². The summed E-state index contributed by atoms with van der Waals surface area (Å²) in [7, 11) is 0. The lowest BCUT2D eigenvalue weighted by atomic mass is 10.2. The van der Waals surface area contributed by atoms with Gasteiger partial charge in [0.05, 0.1) is 12.1 Å². The second-order valence-electron chi connectivity index (χ2n) is 5.04. The van der Waals surface area contributed by atoms with E-state index in [1.165, 1.54) is 9.75 Å². The van der Waals surface area contributed by atoms with Gasteiger partial charge in [0.2, 0.25) is 0 Å². The number of hydrogen-bond acceptors (Lipinski definition) is 4. The van der Waals surface area contributed by atoms with Crippen LogP contribution < -0.4 is 5.32 Å². The molecule has 1 N–H and O–H groups in total. The molecule has 0 unspecified atom stereocenters. The zero-order valence-corrected chi connectivity index (χ0v) is 13.8. The first-order valence-electron chi connectivity index (χ1n) is 7.19. The first kappa shape index (κ1) is 15.7. The van der Waals surface area contributed by atoms with Crippen molar-refractivity contribution < 1.29 is 4.74 Å². The van der Waals surface area contributed by atoms with Crippen molar-refractivity contribution in [1.82, 2.24) is 5.32 Å². The zero-order valence-electron chi connectivity index (χ0n) is 12.2. The molecule has 0 aliphatic carbocycles. The molecular weight excluding hydrogens is 286 g/mol. The van der Waals surface area contributed by atoms with Crippen molar-refractivity contribution in [1.29, 1.82) is 0 Å². The highest BCUT2D eigenvalue weighted by Gasteiger charge is 2.14. The van der Waals surface area contributed by atoms with Crippen molar-refractivity contribution in [3.8, 4) is 0 Å². The van der Waals surface area contributed by atoms with E-state index in [0.717, 1.165) is 26.0 Å². The van der Waals surface area contributed by atoms with E-state index in [1.807, 2.05) is 22.7 Å². The minimum atomic E-state index is 0.341. The summed E-state index contributed by atoms with van der Waals surface area (Å²) in [5.41, 5.74) is 0. The predicted molar refractivity (Wildman–Crippen MR) is 88.8 cm³/mol. The van der Waals surface area contributed by atoms with Gasteiger partial charge in [0.25, 0.3) is 0 Å². The lowest BCUT2D eigenvalue weighted by Gasteiger charge is -2.16. The topological polar surface area (TPSA) is 21.3 Å². The van der Waals surface area contributed by atoms with Crippen LogP contribution in [0.3, 0.4) is 0 Å². The molecule has 0 saturated carbocycles. The molecule has 20 heavy (non-hydrogen) atoms. The Morgan fingerprint density at radius 3 is 2.20 bits per heavy atom. The summed E-state index contributed by atoms with van der Waals surface area (Å²) in [6.07, 6.45) is 2.61. The number of unbranched alkanes of at least 4 members (excludes halogenated alkanes) is 1. The summed E-state index contributed by atoms with van der Waals surface area (Å²) >= 11 is 3.64. The number of rotatable bonds is 9. The molecule has 0 atom stereocenters. The van der Waals surface area contributed by atoms with Crippen molar-refractivity contribution in [3.63, 3.8) is 0 Å². The first-order valence-corrected chi connectivity index (χ1v) is 8.95. The summed E-state index contributed by atoms with van der Waals surface area (Å²) in [6.45, 7) is 6.06. The molecule has 0 amide bonds. The fourth-order valence-corrected chi connectivity index (χ4v) is 3.76. The zero-order chi connectivity index (χ0) is 14.2. The smallest absolute Gasteiger partial charge is 0.0764 e. The monoisotopic (exact) mass is 309 g/mol. The average molecular weight is 310 g/mol. The summed E-state index contributed by atoms with van der Waals surface area (Å²) in [5, 5.41) is 7.97. The molecule has 0 radical (unpaired) electrons. The summed E-state index contributed by atoms with van der Waals surface area (Å²) < 4.78 is 5.57. The summed E-state index contributed by atoms with van der Waals surface area (Å²) in [4.78, 5) is 2.79. The molecule has 0 bridgehead atoms. The third kappa shape index (κ3) is 5.02. The van der Waals surface area contributed by atoms with Gasteiger partial charge < -0.3 is 10.1 Å². The number of hydrogen-bond donors (Lipinski definition) is 1. The van der Waals surface area contributed by atoms with E-state index in [0.29, 0.717) is 12.1 Å². The van der Waals surface area contributed by atoms with E-state index >= 15 is 0 Å². The normalized spacial score (nSPS) is 11.6. The van der Waals surface area contributed by atoms with Gasteiger partial charge in [-0.15, -0.1) is 22.7 Å². The fourth-order valence-electron chi connectivity index (χ4n) is 2.04. The SMILES string of the molecule is CC(C)OCCCCNC(c1cccs1)c1cccs1. The van der Waals surface area contributed by atoms with Crippen molar-refractivity contribution in [3.05, 3.63) is 44.8 Å². The average Bonchev–Trinajstić information content (AvgIpc) is 3.10. The molecule has 4 heteroatoms. The maximum Gasteiger partial charge on any atom is 0.0764 e. The quantitative estimate of drug-likeness (QED) is 0.678. The molecule has 0 spiro atoms. The lowest BCUT2D eigenvalue weighted by molar-refractivity contribution is 0.0760. The van der Waals surface area contributed by atoms with Crippen LogP contribution in [0, 0.1) is 0 Å². The number of ether oxygens (including phenoxy) is 1. The maximum atomic E-state index is 5.57. The van der Waals surface area contributed by atoms with E-state index in [4.69, 9.17) is 4.74 Å². The Morgan fingerprint density at radius 1 is 1.05 bits per heavy atom. The van der Waals surface area contributed by atoms with Crippen molar-refractivity contribution in [2.24, 2.45) is 0 Å². The van der Waals surface area contributed by atoms with Crippen LogP contribution in [0.4, 0.5) is 0 Å². The Bertz CT molecular complexity index is 417. The van der Waals surface area contributed by atoms with Crippen molar-refractivity contribution in [2.45, 2.75) is 38.8 Å². The van der Waals surface area contributed by atoms with Gasteiger partial charge in [-0.3, -0.25) is 0 Å². The van der Waals surface area contributed by atoms with Gasteiger partial charge in [-0.25, -0.2) is 0 Å². The van der Waals surface area contributed by atoms with E-state index < -0.39 is 0 Å². The van der Waals surface area contributed by atoms with Crippen LogP contribution in [0.2, 0.25) is 0 Å². The minimum Gasteiger partial charge on any atom is -0.379 e. The predicted octanol–water partition coefficient (Wildman–Crippen LogP) is 4.69. The van der Waals surface area contributed by atoms with Crippen LogP contribution in [0.25, 0.3) is 0 Å². The third-order valence-electron chi connectivity index (χ3n) is 3.03. The first-order chi connectivity index (χ1) is 9.77. The van der Waals surface area contributed by atoms with E-state index in [-0.39, 0.29) is 0 Å². The van der Waals surface area contributed by atoms with Gasteiger partial charge in [0.1, 0.15) is 0 Å². The molecule has 2 aromatic rings. The number of nitrogens with one attached hydrogen (secondary N) is 1. The molecular formula is C16H23NOS2. The highest BCUT2D eigenvalue weighted by Crippen LogP contribution is 2.28. The van der Waals surface area contributed by atoms with Crippen LogP contribution in [0.15, 0.2) is 35.0 Å². The molecule has 0 aliphatic heterocycles. The molecule has 0 aliphatic rings. The Kier molecular flexibility index (Phi) is 6.73. The third-order valence-corrected chi connectivity index (χ3v) is 4.90. The highest BCUT2D eigenvalue weighted by atomic mass is 32.1. The maximum absolute atomic E-state index is 5.57. The van der Waals surface area contributed by atoms with Gasteiger partial charge in [0, 0.05) is 16.4 Å². The molecule has 2 rings (SSSR count). The van der Waals surface area contributed by atoms with Gasteiger partial charge in [-0.1, -0.05) is 12.1 Å². The van der Waals surface area contributed by atoms with Crippen molar-refractivity contribution in [2.75, 3.05) is 13.2 Å². The Labute approximate surface area is 129 Å². The molecule has 2 aromatic heterocycles. The second kappa shape index (κ2) is 8.57. The van der Waals surface area contributed by atoms with Crippen LogP contribution >= 0.6 is 22.7 Å². The highest BCUT2D eigenvalue weighted by molar-refractivity contribution is 7.11. The fraction of sp³-hybridized carbons (Fsp3) is 0.500. The van der Waals surface area contributed by atoms with Crippen LogP contribution in [-0.4, -0.2) is 19.3 Å². The molecule has 110 valence electrons. The standard InChI is InChI=1S/C16H23NOS2/c1-13(2)18-10-4-3-9-17-16(14-7-5-11-19-14)15-8-6-12-20-15/h5-8,11-13,16-17H,3-4,9-10H2,1-2H3. The molecule has 0 aromatic carbocycles. The minimum absolute atomic E-state index is 0.341. The van der Waals surface area contributed by atoms with E-state index in [9.17, 15) is 0 Å². The molecule has 2 nitrogen and oxygen atoms in total. The van der Waals surface area contributed by atoms with Crippen molar-refractivity contribution >= 4 is 22.7 Å². The lowest BCUT2D eigenvalue weighted by Crippen LogP contribution is -2.22. The van der Waals surface area contributed by atoms with E-state index in [1.54, 1.807) is 0 Å². The van der Waals surface area contributed by atoms with Gasteiger partial charge in [-0.05, 0) is 56.1 Å². The largest absolute Gasteiger partial charge is 0.379 e. The Hall–Kier alpha value is -0.680. The van der Waals surface area contributed by atoms with E-state index in [2.05, 4.69) is 54.2 Å². The Morgan fingerprint density at radius 2 is 1.70 bits per heavy atom. The summed E-state index contributed by atoms with van der Waals surface area (Å²) in [6, 6.07) is 9.02. The van der Waals surface area contributed by atoms with Crippen LogP contribution in [0.1, 0.15) is 42.5 Å². The second-order valence-corrected chi connectivity index (χ2v) is 7.00. The van der Waals surface area contributed by atoms with Crippen LogP contribution in [0.5, 0.6) is 0 Å². The number of thiophene rings is 2. The molecule has 0 fully saturated rings. The van der Waals surface area contributed by atoms with Gasteiger partial charge in [-0.2, -0.15) is 0 Å². The summed E-state index contributed by atoms with van der Waals surface area (Å²) in [5.74, 6) is 0. The molecule has 2 heterocycles. The molecule has 0 saturated heterocycles. The Balaban J connectivity index is 1.78.